The molecule has 0 aromatic heterocycles. The fraction of sp³-hybridized carbons (Fsp3) is 0.923. The van der Waals surface area contributed by atoms with Gasteiger partial charge in [-0.2, -0.15) is 4.31 Å². The summed E-state index contributed by atoms with van der Waals surface area (Å²) in [5, 5.41) is 2.97. The lowest BCUT2D eigenvalue weighted by molar-refractivity contribution is -0.122. The Balaban J connectivity index is 1.52. The van der Waals surface area contributed by atoms with Crippen LogP contribution < -0.4 is 5.32 Å². The van der Waals surface area contributed by atoms with Gasteiger partial charge in [0.25, 0.3) is 0 Å². The number of sulfonamides is 1. The third kappa shape index (κ3) is 3.15. The molecule has 7 heteroatoms. The first-order valence-electron chi connectivity index (χ1n) is 7.27. The highest BCUT2D eigenvalue weighted by atomic mass is 32.2. The summed E-state index contributed by atoms with van der Waals surface area (Å²) in [4.78, 5) is 11.9. The molecule has 0 unspecified atom stereocenters. The third-order valence-corrected chi connectivity index (χ3v) is 5.84. The predicted octanol–water partition coefficient (Wildman–Crippen LogP) is -0.191. The molecule has 6 nitrogen and oxygen atoms in total. The van der Waals surface area contributed by atoms with Crippen molar-refractivity contribution in [3.05, 3.63) is 0 Å². The molecule has 0 radical (unpaired) electrons. The monoisotopic (exact) mass is 302 g/mol. The van der Waals surface area contributed by atoms with Gasteiger partial charge in [0.2, 0.25) is 15.9 Å². The van der Waals surface area contributed by atoms with Crippen molar-refractivity contribution < 1.29 is 17.9 Å². The first-order chi connectivity index (χ1) is 9.43. The van der Waals surface area contributed by atoms with Crippen LogP contribution in [0.3, 0.4) is 0 Å². The topological polar surface area (TPSA) is 75.7 Å². The van der Waals surface area contributed by atoms with Crippen LogP contribution in [-0.2, 0) is 19.6 Å². The van der Waals surface area contributed by atoms with Gasteiger partial charge in [-0.1, -0.05) is 0 Å². The minimum absolute atomic E-state index is 0.0362. The molecule has 2 heterocycles. The quantitative estimate of drug-likeness (QED) is 0.764. The van der Waals surface area contributed by atoms with E-state index in [1.807, 2.05) is 0 Å². The lowest BCUT2D eigenvalue weighted by Gasteiger charge is -2.17. The van der Waals surface area contributed by atoms with Crippen molar-refractivity contribution in [2.24, 2.45) is 17.8 Å². The van der Waals surface area contributed by atoms with E-state index in [9.17, 15) is 13.2 Å². The Morgan fingerprint density at radius 1 is 1.35 bits per heavy atom. The molecule has 114 valence electrons. The van der Waals surface area contributed by atoms with Crippen LogP contribution in [0.15, 0.2) is 0 Å². The zero-order chi connectivity index (χ0) is 14.3. The van der Waals surface area contributed by atoms with Crippen LogP contribution in [0.25, 0.3) is 0 Å². The highest BCUT2D eigenvalue weighted by Crippen LogP contribution is 2.36. The second-order valence-electron chi connectivity index (χ2n) is 6.33. The fourth-order valence-corrected chi connectivity index (χ4v) is 4.00. The number of rotatable bonds is 5. The summed E-state index contributed by atoms with van der Waals surface area (Å²) in [6.07, 6.45) is 4.09. The Labute approximate surface area is 119 Å². The summed E-state index contributed by atoms with van der Waals surface area (Å²) in [6, 6.07) is 0. The Morgan fingerprint density at radius 2 is 2.10 bits per heavy atom. The van der Waals surface area contributed by atoms with Crippen molar-refractivity contribution in [2.45, 2.75) is 25.4 Å². The molecule has 3 aliphatic rings. The van der Waals surface area contributed by atoms with Crippen molar-refractivity contribution in [3.8, 4) is 0 Å². The molecule has 1 N–H and O–H groups in total. The zero-order valence-electron chi connectivity index (χ0n) is 11.7. The van der Waals surface area contributed by atoms with Gasteiger partial charge in [0, 0.05) is 32.0 Å². The highest BCUT2D eigenvalue weighted by Gasteiger charge is 2.46. The summed E-state index contributed by atoms with van der Waals surface area (Å²) in [6.45, 7) is 2.29. The molecule has 0 bridgehead atoms. The minimum atomic E-state index is -3.16. The Morgan fingerprint density at radius 3 is 2.75 bits per heavy atom. The Bertz CT molecular complexity index is 489. The molecule has 20 heavy (non-hydrogen) atoms. The number of ether oxygens (including phenoxy) is 1. The number of carbonyl (C=O) groups is 1. The molecule has 2 saturated heterocycles. The van der Waals surface area contributed by atoms with Crippen LogP contribution >= 0.6 is 0 Å². The molecule has 0 aromatic rings. The van der Waals surface area contributed by atoms with Crippen molar-refractivity contribution in [1.82, 2.24) is 9.62 Å². The summed E-state index contributed by atoms with van der Waals surface area (Å²) in [7, 11) is -3.16. The maximum atomic E-state index is 11.9. The molecule has 3 rings (SSSR count). The summed E-state index contributed by atoms with van der Waals surface area (Å²) in [5.41, 5.74) is 0. The Kier molecular flexibility index (Phi) is 3.77. The van der Waals surface area contributed by atoms with E-state index in [1.54, 1.807) is 0 Å². The number of nitrogens with zero attached hydrogens (tertiary/aromatic N) is 1. The van der Waals surface area contributed by atoms with E-state index in [1.165, 1.54) is 23.4 Å². The van der Waals surface area contributed by atoms with Gasteiger partial charge in [0.15, 0.2) is 0 Å². The van der Waals surface area contributed by atoms with Crippen LogP contribution in [-0.4, -0.2) is 57.2 Å². The smallest absolute Gasteiger partial charge is 0.220 e. The molecule has 3 fully saturated rings. The average Bonchev–Trinajstić information content (AvgIpc) is 2.96. The maximum absolute atomic E-state index is 11.9. The van der Waals surface area contributed by atoms with Gasteiger partial charge < -0.3 is 10.1 Å². The van der Waals surface area contributed by atoms with Gasteiger partial charge in [0.05, 0.1) is 19.0 Å². The van der Waals surface area contributed by atoms with E-state index in [0.717, 1.165) is 6.54 Å². The van der Waals surface area contributed by atoms with E-state index in [0.29, 0.717) is 32.0 Å². The number of hydrogen-bond donors (Lipinski definition) is 1. The number of nitrogens with one attached hydrogen (secondary N) is 1. The standard InChI is InChI=1S/C13H22N2O4S/c1-20(17,18)15-6-11-10(8-19-12(11)7-15)4-13(16)14-5-9-2-3-9/h9-12H,2-8H2,1H3,(H,14,16)/t10-,11+,12+/m0/s1. The number of amides is 1. The molecule has 1 saturated carbocycles. The molecule has 0 aromatic carbocycles. The normalized spacial score (nSPS) is 34.1. The van der Waals surface area contributed by atoms with Crippen molar-refractivity contribution in [2.75, 3.05) is 32.5 Å². The second kappa shape index (κ2) is 5.27. The molecule has 1 aliphatic carbocycles. The lowest BCUT2D eigenvalue weighted by atomic mass is 9.90. The van der Waals surface area contributed by atoms with Crippen LogP contribution in [0.1, 0.15) is 19.3 Å². The third-order valence-electron chi connectivity index (χ3n) is 4.61. The molecular formula is C13H22N2O4S. The zero-order valence-corrected chi connectivity index (χ0v) is 12.6. The molecule has 3 atom stereocenters. The van der Waals surface area contributed by atoms with Crippen LogP contribution in [0.5, 0.6) is 0 Å². The summed E-state index contributed by atoms with van der Waals surface area (Å²) in [5.74, 6) is 1.06. The average molecular weight is 302 g/mol. The lowest BCUT2D eigenvalue weighted by Crippen LogP contribution is -2.32. The number of fused-ring (bicyclic) bond motifs is 1. The highest BCUT2D eigenvalue weighted by molar-refractivity contribution is 7.88. The molecule has 1 amide bonds. The summed E-state index contributed by atoms with van der Waals surface area (Å²) < 4.78 is 30.3. The largest absolute Gasteiger partial charge is 0.376 e. The van der Waals surface area contributed by atoms with Crippen LogP contribution in [0.4, 0.5) is 0 Å². The van der Waals surface area contributed by atoms with Gasteiger partial charge in [-0.25, -0.2) is 8.42 Å². The number of carbonyl (C=O) groups excluding carboxylic acids is 1. The van der Waals surface area contributed by atoms with E-state index in [2.05, 4.69) is 5.32 Å². The minimum Gasteiger partial charge on any atom is -0.376 e. The van der Waals surface area contributed by atoms with Gasteiger partial charge in [-0.15, -0.1) is 0 Å². The SMILES string of the molecule is CS(=O)(=O)N1C[C@@H]2[C@@H](CC(=O)NCC3CC3)CO[C@@H]2C1. The van der Waals surface area contributed by atoms with Gasteiger partial charge in [-0.3, -0.25) is 4.79 Å². The predicted molar refractivity (Wildman–Crippen MR) is 73.5 cm³/mol. The van der Waals surface area contributed by atoms with Gasteiger partial charge in [-0.05, 0) is 24.7 Å². The second-order valence-corrected chi connectivity index (χ2v) is 8.31. The number of hydrogen-bond acceptors (Lipinski definition) is 4. The van der Waals surface area contributed by atoms with E-state index in [4.69, 9.17) is 4.74 Å². The van der Waals surface area contributed by atoms with Crippen LogP contribution in [0.2, 0.25) is 0 Å². The van der Waals surface area contributed by atoms with Crippen molar-refractivity contribution in [3.63, 3.8) is 0 Å². The molecule has 2 aliphatic heterocycles. The van der Waals surface area contributed by atoms with Gasteiger partial charge in [0.1, 0.15) is 0 Å². The maximum Gasteiger partial charge on any atom is 0.220 e. The fourth-order valence-electron chi connectivity index (χ4n) is 3.13. The van der Waals surface area contributed by atoms with E-state index < -0.39 is 10.0 Å². The van der Waals surface area contributed by atoms with Crippen molar-refractivity contribution >= 4 is 15.9 Å². The van der Waals surface area contributed by atoms with E-state index >= 15 is 0 Å². The van der Waals surface area contributed by atoms with Crippen LogP contribution in [0, 0.1) is 17.8 Å². The molecule has 0 spiro atoms. The van der Waals surface area contributed by atoms with Gasteiger partial charge >= 0.3 is 0 Å². The first-order valence-corrected chi connectivity index (χ1v) is 9.11. The first kappa shape index (κ1) is 14.3. The van der Waals surface area contributed by atoms with Crippen molar-refractivity contribution in [1.29, 1.82) is 0 Å². The summed E-state index contributed by atoms with van der Waals surface area (Å²) >= 11 is 0. The Hall–Kier alpha value is -0.660. The molecular weight excluding hydrogens is 280 g/mol. The van der Waals surface area contributed by atoms with E-state index in [-0.39, 0.29) is 23.8 Å².